The topological polar surface area (TPSA) is 34.2 Å². The molecule has 1 aromatic heterocycles. The SMILES string of the molecule is Cc1cccc2c1Nc1ncccc1O2. The summed E-state index contributed by atoms with van der Waals surface area (Å²) in [5.41, 5.74) is 2.16. The molecule has 0 bridgehead atoms. The molecule has 0 fully saturated rings. The minimum absolute atomic E-state index is 0.774. The van der Waals surface area contributed by atoms with Gasteiger partial charge in [0.15, 0.2) is 17.3 Å². The summed E-state index contributed by atoms with van der Waals surface area (Å²) in [6, 6.07) is 9.74. The molecule has 0 atom stereocenters. The predicted molar refractivity (Wildman–Crippen MR) is 58.8 cm³/mol. The molecule has 0 unspecified atom stereocenters. The van der Waals surface area contributed by atoms with Crippen LogP contribution in [-0.4, -0.2) is 4.98 Å². The maximum atomic E-state index is 5.73. The van der Waals surface area contributed by atoms with Crippen molar-refractivity contribution in [2.24, 2.45) is 0 Å². The van der Waals surface area contributed by atoms with Crippen LogP contribution in [0.1, 0.15) is 5.56 Å². The molecule has 74 valence electrons. The van der Waals surface area contributed by atoms with Crippen molar-refractivity contribution in [1.29, 1.82) is 0 Å². The molecule has 2 aromatic rings. The van der Waals surface area contributed by atoms with Crippen LogP contribution in [0.25, 0.3) is 0 Å². The Kier molecular flexibility index (Phi) is 1.65. The highest BCUT2D eigenvalue weighted by molar-refractivity contribution is 5.75. The van der Waals surface area contributed by atoms with Gasteiger partial charge in [0.25, 0.3) is 0 Å². The molecule has 0 radical (unpaired) electrons. The van der Waals surface area contributed by atoms with E-state index < -0.39 is 0 Å². The number of hydrogen-bond acceptors (Lipinski definition) is 3. The van der Waals surface area contributed by atoms with E-state index in [0.717, 1.165) is 28.6 Å². The van der Waals surface area contributed by atoms with Crippen molar-refractivity contribution in [3.8, 4) is 11.5 Å². The molecule has 0 amide bonds. The van der Waals surface area contributed by atoms with E-state index in [4.69, 9.17) is 4.74 Å². The second-order valence-corrected chi connectivity index (χ2v) is 3.53. The highest BCUT2D eigenvalue weighted by Gasteiger charge is 2.17. The lowest BCUT2D eigenvalue weighted by atomic mass is 10.1. The minimum Gasteiger partial charge on any atom is -0.451 e. The molecule has 1 aliphatic rings. The van der Waals surface area contributed by atoms with E-state index in [2.05, 4.69) is 10.3 Å². The number of benzene rings is 1. The third-order valence-corrected chi connectivity index (χ3v) is 2.47. The van der Waals surface area contributed by atoms with Crippen LogP contribution >= 0.6 is 0 Å². The van der Waals surface area contributed by atoms with Gasteiger partial charge in [-0.05, 0) is 30.7 Å². The highest BCUT2D eigenvalue weighted by Crippen LogP contribution is 2.41. The highest BCUT2D eigenvalue weighted by atomic mass is 16.5. The molecule has 1 N–H and O–H groups in total. The third kappa shape index (κ3) is 1.24. The third-order valence-electron chi connectivity index (χ3n) is 2.47. The van der Waals surface area contributed by atoms with E-state index in [1.807, 2.05) is 37.3 Å². The smallest absolute Gasteiger partial charge is 0.173 e. The molecule has 0 saturated carbocycles. The minimum atomic E-state index is 0.774. The van der Waals surface area contributed by atoms with Crippen molar-refractivity contribution in [3.63, 3.8) is 0 Å². The lowest BCUT2D eigenvalue weighted by Crippen LogP contribution is -2.05. The van der Waals surface area contributed by atoms with E-state index in [0.29, 0.717) is 0 Å². The quantitative estimate of drug-likeness (QED) is 0.602. The van der Waals surface area contributed by atoms with Crippen molar-refractivity contribution in [2.45, 2.75) is 6.92 Å². The summed E-state index contributed by atoms with van der Waals surface area (Å²) in [5, 5.41) is 3.27. The van der Waals surface area contributed by atoms with E-state index in [1.54, 1.807) is 6.20 Å². The predicted octanol–water partition coefficient (Wildman–Crippen LogP) is 3.24. The van der Waals surface area contributed by atoms with Crippen LogP contribution in [0, 0.1) is 6.92 Å². The Balaban J connectivity index is 2.15. The summed E-state index contributed by atoms with van der Waals surface area (Å²) in [6.45, 7) is 2.04. The van der Waals surface area contributed by atoms with Gasteiger partial charge in [-0.3, -0.25) is 0 Å². The molecule has 15 heavy (non-hydrogen) atoms. The molecule has 2 heterocycles. The second-order valence-electron chi connectivity index (χ2n) is 3.53. The van der Waals surface area contributed by atoms with Gasteiger partial charge in [0.1, 0.15) is 0 Å². The molecule has 0 spiro atoms. The molecule has 0 aliphatic carbocycles. The number of hydrogen-bond donors (Lipinski definition) is 1. The lowest BCUT2D eigenvalue weighted by molar-refractivity contribution is 0.478. The summed E-state index contributed by atoms with van der Waals surface area (Å²) in [5.74, 6) is 2.41. The monoisotopic (exact) mass is 198 g/mol. The first kappa shape index (κ1) is 8.29. The number of fused-ring (bicyclic) bond motifs is 2. The fourth-order valence-electron chi connectivity index (χ4n) is 1.69. The summed E-state index contributed by atoms with van der Waals surface area (Å²) in [4.78, 5) is 4.22. The van der Waals surface area contributed by atoms with Gasteiger partial charge in [-0.1, -0.05) is 12.1 Å². The Morgan fingerprint density at radius 3 is 2.93 bits per heavy atom. The number of anilines is 2. The van der Waals surface area contributed by atoms with Crippen LogP contribution in [0.15, 0.2) is 36.5 Å². The first-order valence-corrected chi connectivity index (χ1v) is 4.84. The fraction of sp³-hybridized carbons (Fsp3) is 0.0833. The van der Waals surface area contributed by atoms with E-state index in [-0.39, 0.29) is 0 Å². The Bertz CT molecular complexity index is 523. The zero-order valence-corrected chi connectivity index (χ0v) is 8.32. The largest absolute Gasteiger partial charge is 0.451 e. The Morgan fingerprint density at radius 2 is 2.00 bits per heavy atom. The van der Waals surface area contributed by atoms with Gasteiger partial charge in [0, 0.05) is 6.20 Å². The first-order chi connectivity index (χ1) is 7.34. The molecule has 1 aromatic carbocycles. The standard InChI is InChI=1S/C12H10N2O/c1-8-4-2-5-9-11(8)14-12-10(15-9)6-3-7-13-12/h2-7H,1H3,(H,13,14). The number of ether oxygens (including phenoxy) is 1. The molecule has 3 rings (SSSR count). The van der Waals surface area contributed by atoms with Crippen molar-refractivity contribution in [1.82, 2.24) is 4.98 Å². The van der Waals surface area contributed by atoms with Gasteiger partial charge in [-0.2, -0.15) is 0 Å². The van der Waals surface area contributed by atoms with Gasteiger partial charge in [0.2, 0.25) is 0 Å². The number of pyridine rings is 1. The molecule has 3 nitrogen and oxygen atoms in total. The van der Waals surface area contributed by atoms with Gasteiger partial charge < -0.3 is 10.1 Å². The summed E-state index contributed by atoms with van der Waals surface area (Å²) >= 11 is 0. The number of nitrogens with one attached hydrogen (secondary N) is 1. The van der Waals surface area contributed by atoms with E-state index >= 15 is 0 Å². The van der Waals surface area contributed by atoms with Crippen LogP contribution in [-0.2, 0) is 0 Å². The molecular formula is C12H10N2O. The van der Waals surface area contributed by atoms with Gasteiger partial charge in [-0.25, -0.2) is 4.98 Å². The molecular weight excluding hydrogens is 188 g/mol. The average molecular weight is 198 g/mol. The number of aromatic nitrogens is 1. The van der Waals surface area contributed by atoms with Gasteiger partial charge >= 0.3 is 0 Å². The zero-order chi connectivity index (χ0) is 10.3. The Labute approximate surface area is 87.7 Å². The number of rotatable bonds is 0. The summed E-state index contributed by atoms with van der Waals surface area (Å²) < 4.78 is 5.73. The molecule has 1 aliphatic heterocycles. The fourth-order valence-corrected chi connectivity index (χ4v) is 1.69. The Morgan fingerprint density at radius 1 is 1.13 bits per heavy atom. The Hall–Kier alpha value is -2.03. The first-order valence-electron chi connectivity index (χ1n) is 4.84. The zero-order valence-electron chi connectivity index (χ0n) is 8.32. The van der Waals surface area contributed by atoms with Crippen LogP contribution in [0.3, 0.4) is 0 Å². The van der Waals surface area contributed by atoms with Crippen LogP contribution in [0.4, 0.5) is 11.5 Å². The lowest BCUT2D eigenvalue weighted by Gasteiger charge is -2.21. The molecule has 0 saturated heterocycles. The van der Waals surface area contributed by atoms with Crippen LogP contribution < -0.4 is 10.1 Å². The average Bonchev–Trinajstić information content (AvgIpc) is 2.27. The maximum absolute atomic E-state index is 5.73. The van der Waals surface area contributed by atoms with E-state index in [9.17, 15) is 0 Å². The van der Waals surface area contributed by atoms with Crippen molar-refractivity contribution >= 4 is 11.5 Å². The normalized spacial score (nSPS) is 12.1. The maximum Gasteiger partial charge on any atom is 0.173 e. The molecule has 3 heteroatoms. The van der Waals surface area contributed by atoms with Crippen molar-refractivity contribution in [3.05, 3.63) is 42.1 Å². The number of para-hydroxylation sites is 1. The number of nitrogens with zero attached hydrogens (tertiary/aromatic N) is 1. The van der Waals surface area contributed by atoms with Gasteiger partial charge in [0.05, 0.1) is 5.69 Å². The van der Waals surface area contributed by atoms with Crippen molar-refractivity contribution < 1.29 is 4.74 Å². The summed E-state index contributed by atoms with van der Waals surface area (Å²) in [6.07, 6.45) is 1.75. The van der Waals surface area contributed by atoms with Crippen LogP contribution in [0.2, 0.25) is 0 Å². The van der Waals surface area contributed by atoms with Crippen LogP contribution in [0.5, 0.6) is 11.5 Å². The number of aryl methyl sites for hydroxylation is 1. The second kappa shape index (κ2) is 2.98. The van der Waals surface area contributed by atoms with Gasteiger partial charge in [-0.15, -0.1) is 0 Å². The summed E-state index contributed by atoms with van der Waals surface area (Å²) in [7, 11) is 0. The van der Waals surface area contributed by atoms with E-state index in [1.165, 1.54) is 0 Å². The van der Waals surface area contributed by atoms with Crippen molar-refractivity contribution in [2.75, 3.05) is 5.32 Å².